The summed E-state index contributed by atoms with van der Waals surface area (Å²) in [5.74, 6) is -0.191. The zero-order valence-corrected chi connectivity index (χ0v) is 9.88. The molecule has 2 unspecified atom stereocenters. The fourth-order valence-corrected chi connectivity index (χ4v) is 2.27. The third-order valence-corrected chi connectivity index (χ3v) is 3.29. The number of benzene rings is 1. The Morgan fingerprint density at radius 3 is 2.94 bits per heavy atom. The second kappa shape index (κ2) is 4.25. The summed E-state index contributed by atoms with van der Waals surface area (Å²) in [7, 11) is 3.48. The Morgan fingerprint density at radius 2 is 2.35 bits per heavy atom. The van der Waals surface area contributed by atoms with Crippen LogP contribution in [0.4, 0.5) is 5.69 Å². The Labute approximate surface area is 99.8 Å². The Morgan fingerprint density at radius 1 is 1.65 bits per heavy atom. The zero-order valence-electron chi connectivity index (χ0n) is 9.88. The van der Waals surface area contributed by atoms with E-state index in [1.54, 1.807) is 7.11 Å². The van der Waals surface area contributed by atoms with E-state index in [9.17, 15) is 4.79 Å². The van der Waals surface area contributed by atoms with Crippen molar-refractivity contribution in [2.45, 2.75) is 18.5 Å². The van der Waals surface area contributed by atoms with Crippen molar-refractivity contribution in [1.29, 1.82) is 0 Å². The van der Waals surface area contributed by atoms with Gasteiger partial charge in [-0.15, -0.1) is 0 Å². The lowest BCUT2D eigenvalue weighted by Crippen LogP contribution is -2.49. The minimum atomic E-state index is -0.971. The van der Waals surface area contributed by atoms with Crippen molar-refractivity contribution in [3.05, 3.63) is 23.8 Å². The predicted octanol–water partition coefficient (Wildman–Crippen LogP) is 0.468. The summed E-state index contributed by atoms with van der Waals surface area (Å²) in [5.41, 5.74) is 7.79. The molecule has 0 radical (unpaired) electrons. The maximum atomic E-state index is 10.9. The molecule has 0 saturated heterocycles. The number of hydrogen-bond acceptors (Lipinski definition) is 4. The molecule has 3 N–H and O–H groups in total. The summed E-state index contributed by atoms with van der Waals surface area (Å²) in [4.78, 5) is 12.9. The lowest BCUT2D eigenvalue weighted by molar-refractivity contribution is -0.138. The highest BCUT2D eigenvalue weighted by Crippen LogP contribution is 2.34. The molecule has 0 bridgehead atoms. The molecular formula is C12H16N2O3. The number of carbonyl (C=O) groups is 1. The number of fused-ring (bicyclic) bond motifs is 1. The first-order valence-electron chi connectivity index (χ1n) is 5.42. The van der Waals surface area contributed by atoms with Crippen molar-refractivity contribution in [1.82, 2.24) is 0 Å². The van der Waals surface area contributed by atoms with Crippen LogP contribution in [-0.2, 0) is 11.2 Å². The summed E-state index contributed by atoms with van der Waals surface area (Å²) >= 11 is 0. The highest BCUT2D eigenvalue weighted by Gasteiger charge is 2.34. The summed E-state index contributed by atoms with van der Waals surface area (Å²) < 4.78 is 5.15. The average molecular weight is 236 g/mol. The highest BCUT2D eigenvalue weighted by atomic mass is 16.5. The van der Waals surface area contributed by atoms with Crippen molar-refractivity contribution in [3.63, 3.8) is 0 Å². The van der Waals surface area contributed by atoms with Crippen molar-refractivity contribution in [3.8, 4) is 5.75 Å². The quantitative estimate of drug-likeness (QED) is 0.797. The minimum Gasteiger partial charge on any atom is -0.497 e. The second-order valence-electron chi connectivity index (χ2n) is 4.24. The minimum absolute atomic E-state index is 0.199. The molecule has 0 spiro atoms. The van der Waals surface area contributed by atoms with E-state index in [2.05, 4.69) is 0 Å². The van der Waals surface area contributed by atoms with Crippen molar-refractivity contribution in [2.75, 3.05) is 19.1 Å². The van der Waals surface area contributed by atoms with E-state index < -0.39 is 12.0 Å². The van der Waals surface area contributed by atoms with E-state index in [1.165, 1.54) is 0 Å². The number of hydrogen-bond donors (Lipinski definition) is 2. The fourth-order valence-electron chi connectivity index (χ4n) is 2.27. The number of rotatable bonds is 3. The van der Waals surface area contributed by atoms with Crippen LogP contribution in [0.15, 0.2) is 18.2 Å². The summed E-state index contributed by atoms with van der Waals surface area (Å²) in [5, 5.41) is 8.96. The number of carboxylic acid groups (broad SMARTS) is 1. The number of aliphatic carboxylic acids is 1. The molecule has 1 heterocycles. The zero-order chi connectivity index (χ0) is 12.6. The SMILES string of the molecule is COc1ccc2c(c1)CC(C(N)C(=O)O)N2C. The third kappa shape index (κ3) is 1.93. The molecule has 92 valence electrons. The standard InChI is InChI=1S/C12H16N2O3/c1-14-9-4-3-8(17-2)5-7(9)6-10(14)11(13)12(15)16/h3-5,10-11H,6,13H2,1-2H3,(H,15,16). The molecule has 1 aromatic rings. The molecular weight excluding hydrogens is 220 g/mol. The first-order chi connectivity index (χ1) is 8.04. The largest absolute Gasteiger partial charge is 0.497 e. The lowest BCUT2D eigenvalue weighted by Gasteiger charge is -2.25. The van der Waals surface area contributed by atoms with E-state index in [0.29, 0.717) is 6.42 Å². The Hall–Kier alpha value is -1.75. The van der Waals surface area contributed by atoms with Crippen molar-refractivity contribution in [2.24, 2.45) is 5.73 Å². The van der Waals surface area contributed by atoms with E-state index in [4.69, 9.17) is 15.6 Å². The average Bonchev–Trinajstić information content (AvgIpc) is 2.65. The van der Waals surface area contributed by atoms with E-state index in [0.717, 1.165) is 17.0 Å². The molecule has 0 aromatic heterocycles. The van der Waals surface area contributed by atoms with Gasteiger partial charge in [-0.05, 0) is 30.2 Å². The van der Waals surface area contributed by atoms with Crippen LogP contribution in [0.25, 0.3) is 0 Å². The summed E-state index contributed by atoms with van der Waals surface area (Å²) in [6.45, 7) is 0. The van der Waals surface area contributed by atoms with Crippen LogP contribution in [0.2, 0.25) is 0 Å². The number of ether oxygens (including phenoxy) is 1. The van der Waals surface area contributed by atoms with E-state index in [-0.39, 0.29) is 6.04 Å². The van der Waals surface area contributed by atoms with Crippen LogP contribution in [0.3, 0.4) is 0 Å². The van der Waals surface area contributed by atoms with Crippen LogP contribution in [-0.4, -0.2) is 37.3 Å². The van der Waals surface area contributed by atoms with Gasteiger partial charge in [0.15, 0.2) is 0 Å². The highest BCUT2D eigenvalue weighted by molar-refractivity contribution is 5.76. The number of nitrogens with zero attached hydrogens (tertiary/aromatic N) is 1. The van der Waals surface area contributed by atoms with Gasteiger partial charge in [0, 0.05) is 12.7 Å². The topological polar surface area (TPSA) is 75.8 Å². The van der Waals surface area contributed by atoms with E-state index >= 15 is 0 Å². The van der Waals surface area contributed by atoms with Gasteiger partial charge in [-0.3, -0.25) is 4.79 Å². The summed E-state index contributed by atoms with van der Waals surface area (Å²) in [6, 6.07) is 4.65. The monoisotopic (exact) mass is 236 g/mol. The third-order valence-electron chi connectivity index (χ3n) is 3.29. The number of likely N-dealkylation sites (N-methyl/N-ethyl adjacent to an activating group) is 1. The molecule has 0 aliphatic carbocycles. The molecule has 2 atom stereocenters. The lowest BCUT2D eigenvalue weighted by atomic mass is 10.0. The molecule has 5 heteroatoms. The molecule has 1 aliphatic rings. The first-order valence-corrected chi connectivity index (χ1v) is 5.42. The van der Waals surface area contributed by atoms with Gasteiger partial charge in [-0.25, -0.2) is 0 Å². The molecule has 0 fully saturated rings. The molecule has 1 aromatic carbocycles. The van der Waals surface area contributed by atoms with Crippen molar-refractivity contribution < 1.29 is 14.6 Å². The van der Waals surface area contributed by atoms with Crippen LogP contribution in [0.5, 0.6) is 5.75 Å². The van der Waals surface area contributed by atoms with Crippen LogP contribution in [0.1, 0.15) is 5.56 Å². The smallest absolute Gasteiger partial charge is 0.322 e. The number of carboxylic acids is 1. The first kappa shape index (κ1) is 11.7. The molecule has 0 amide bonds. The molecule has 5 nitrogen and oxygen atoms in total. The van der Waals surface area contributed by atoms with Gasteiger partial charge in [0.1, 0.15) is 11.8 Å². The predicted molar refractivity (Wildman–Crippen MR) is 64.5 cm³/mol. The van der Waals surface area contributed by atoms with Crippen molar-refractivity contribution >= 4 is 11.7 Å². The van der Waals surface area contributed by atoms with Gasteiger partial charge >= 0.3 is 5.97 Å². The second-order valence-corrected chi connectivity index (χ2v) is 4.24. The van der Waals surface area contributed by atoms with Gasteiger partial charge in [0.2, 0.25) is 0 Å². The molecule has 1 aliphatic heterocycles. The fraction of sp³-hybridized carbons (Fsp3) is 0.417. The van der Waals surface area contributed by atoms with Gasteiger partial charge in [-0.1, -0.05) is 0 Å². The molecule has 17 heavy (non-hydrogen) atoms. The van der Waals surface area contributed by atoms with Crippen LogP contribution >= 0.6 is 0 Å². The van der Waals surface area contributed by atoms with Gasteiger partial charge in [0.25, 0.3) is 0 Å². The van der Waals surface area contributed by atoms with Crippen LogP contribution < -0.4 is 15.4 Å². The Balaban J connectivity index is 2.28. The number of anilines is 1. The Kier molecular flexibility index (Phi) is 2.93. The van der Waals surface area contributed by atoms with Crippen LogP contribution in [0, 0.1) is 0 Å². The molecule has 0 saturated carbocycles. The number of methoxy groups -OCH3 is 1. The summed E-state index contributed by atoms with van der Waals surface area (Å²) in [6.07, 6.45) is 0.635. The molecule has 2 rings (SSSR count). The van der Waals surface area contributed by atoms with E-state index in [1.807, 2.05) is 30.1 Å². The maximum absolute atomic E-state index is 10.9. The normalized spacial score (nSPS) is 19.9. The van der Waals surface area contributed by atoms with Gasteiger partial charge in [-0.2, -0.15) is 0 Å². The van der Waals surface area contributed by atoms with Gasteiger partial charge in [0.05, 0.1) is 13.2 Å². The maximum Gasteiger partial charge on any atom is 0.322 e. The Bertz CT molecular complexity index is 447. The van der Waals surface area contributed by atoms with Gasteiger partial charge < -0.3 is 20.5 Å². The number of nitrogens with two attached hydrogens (primary N) is 1.